The van der Waals surface area contributed by atoms with Crippen molar-refractivity contribution in [1.29, 1.82) is 0 Å². The highest BCUT2D eigenvalue weighted by atomic mass is 16.2. The van der Waals surface area contributed by atoms with Crippen molar-refractivity contribution in [2.24, 2.45) is 0 Å². The zero-order chi connectivity index (χ0) is 19.1. The maximum atomic E-state index is 12.8. The van der Waals surface area contributed by atoms with E-state index in [0.717, 1.165) is 24.1 Å². The predicted octanol–water partition coefficient (Wildman–Crippen LogP) is 4.76. The molecule has 0 unspecified atom stereocenters. The Morgan fingerprint density at radius 1 is 1.00 bits per heavy atom. The van der Waals surface area contributed by atoms with Crippen LogP contribution >= 0.6 is 0 Å². The molecule has 0 saturated carbocycles. The molecule has 138 valence electrons. The number of unbranched alkanes of at least 4 members (excludes halogenated alkanes) is 1. The first-order chi connectivity index (χ1) is 13.2. The number of benzene rings is 2. The Balaban J connectivity index is 1.96. The molecule has 3 aromatic rings. The molecule has 2 aromatic carbocycles. The van der Waals surface area contributed by atoms with Crippen molar-refractivity contribution in [3.63, 3.8) is 0 Å². The smallest absolute Gasteiger partial charge is 0.272 e. The van der Waals surface area contributed by atoms with Crippen LogP contribution in [0.15, 0.2) is 66.7 Å². The first-order valence-electron chi connectivity index (χ1n) is 9.19. The Kier molecular flexibility index (Phi) is 6.15. The molecule has 0 aliphatic carbocycles. The van der Waals surface area contributed by atoms with E-state index in [0.29, 0.717) is 23.9 Å². The van der Waals surface area contributed by atoms with E-state index < -0.39 is 0 Å². The molecule has 0 atom stereocenters. The van der Waals surface area contributed by atoms with Gasteiger partial charge in [-0.3, -0.25) is 4.79 Å². The van der Waals surface area contributed by atoms with Gasteiger partial charge in [0.15, 0.2) is 5.82 Å². The molecule has 5 nitrogen and oxygen atoms in total. The molecule has 1 heterocycles. The summed E-state index contributed by atoms with van der Waals surface area (Å²) in [5.41, 5.74) is 2.17. The maximum absolute atomic E-state index is 12.8. The van der Waals surface area contributed by atoms with Crippen LogP contribution < -0.4 is 5.32 Å². The minimum atomic E-state index is -0.0980. The Labute approximate surface area is 160 Å². The van der Waals surface area contributed by atoms with Crippen LogP contribution in [-0.2, 0) is 0 Å². The van der Waals surface area contributed by atoms with Crippen molar-refractivity contribution in [2.45, 2.75) is 19.8 Å². The number of hydrogen-bond donors (Lipinski definition) is 1. The number of nitrogens with one attached hydrogen (secondary N) is 1. The van der Waals surface area contributed by atoms with Gasteiger partial charge in [0.1, 0.15) is 11.5 Å². The van der Waals surface area contributed by atoms with Gasteiger partial charge in [-0.2, -0.15) is 0 Å². The van der Waals surface area contributed by atoms with Gasteiger partial charge < -0.3 is 10.2 Å². The number of hydrogen-bond acceptors (Lipinski definition) is 4. The van der Waals surface area contributed by atoms with Gasteiger partial charge in [-0.1, -0.05) is 61.9 Å². The summed E-state index contributed by atoms with van der Waals surface area (Å²) < 4.78 is 0. The van der Waals surface area contributed by atoms with Crippen molar-refractivity contribution in [3.8, 4) is 11.4 Å². The van der Waals surface area contributed by atoms with Gasteiger partial charge in [0.2, 0.25) is 0 Å². The van der Waals surface area contributed by atoms with E-state index in [1.807, 2.05) is 67.7 Å². The van der Waals surface area contributed by atoms with Crippen LogP contribution in [0.4, 0.5) is 11.5 Å². The molecule has 0 fully saturated rings. The van der Waals surface area contributed by atoms with Crippen LogP contribution in [0.25, 0.3) is 11.4 Å². The minimum Gasteiger partial charge on any atom is -0.340 e. The quantitative estimate of drug-likeness (QED) is 0.660. The Morgan fingerprint density at radius 2 is 1.67 bits per heavy atom. The third kappa shape index (κ3) is 4.91. The third-order valence-corrected chi connectivity index (χ3v) is 4.22. The van der Waals surface area contributed by atoms with Gasteiger partial charge >= 0.3 is 0 Å². The largest absolute Gasteiger partial charge is 0.340 e. The van der Waals surface area contributed by atoms with Gasteiger partial charge in [-0.05, 0) is 18.6 Å². The lowest BCUT2D eigenvalue weighted by Crippen LogP contribution is -2.28. The molecule has 1 aromatic heterocycles. The van der Waals surface area contributed by atoms with Crippen molar-refractivity contribution >= 4 is 17.4 Å². The summed E-state index contributed by atoms with van der Waals surface area (Å²) in [5.74, 6) is 1.03. The van der Waals surface area contributed by atoms with E-state index in [2.05, 4.69) is 22.2 Å². The zero-order valence-corrected chi connectivity index (χ0v) is 15.7. The average molecular weight is 360 g/mol. The molecule has 0 bridgehead atoms. The summed E-state index contributed by atoms with van der Waals surface area (Å²) in [7, 11) is 1.81. The summed E-state index contributed by atoms with van der Waals surface area (Å²) in [6, 6.07) is 21.2. The van der Waals surface area contributed by atoms with Crippen molar-refractivity contribution < 1.29 is 4.79 Å². The van der Waals surface area contributed by atoms with Crippen LogP contribution in [0.2, 0.25) is 0 Å². The molecular weight excluding hydrogens is 336 g/mol. The number of aromatic nitrogens is 2. The van der Waals surface area contributed by atoms with E-state index in [4.69, 9.17) is 0 Å². The van der Waals surface area contributed by atoms with E-state index in [1.54, 1.807) is 11.0 Å². The lowest BCUT2D eigenvalue weighted by molar-refractivity contribution is 0.0787. The molecule has 5 heteroatoms. The van der Waals surface area contributed by atoms with Gasteiger partial charge in [0, 0.05) is 30.9 Å². The maximum Gasteiger partial charge on any atom is 0.272 e. The molecule has 0 spiro atoms. The fraction of sp³-hybridized carbons (Fsp3) is 0.227. The monoisotopic (exact) mass is 360 g/mol. The van der Waals surface area contributed by atoms with E-state index in [1.165, 1.54) is 0 Å². The summed E-state index contributed by atoms with van der Waals surface area (Å²) in [6.07, 6.45) is 2.01. The van der Waals surface area contributed by atoms with E-state index in [-0.39, 0.29) is 5.91 Å². The molecule has 1 amide bonds. The standard InChI is InChI=1S/C22H24N4O/c1-3-4-15-26(2)22(27)19-16-20(23-18-13-9-6-10-14-18)25-21(24-19)17-11-7-5-8-12-17/h5-14,16H,3-4,15H2,1-2H3,(H,23,24,25). The fourth-order valence-electron chi connectivity index (χ4n) is 2.70. The normalized spacial score (nSPS) is 10.4. The summed E-state index contributed by atoms with van der Waals surface area (Å²) in [6.45, 7) is 2.82. The van der Waals surface area contributed by atoms with E-state index >= 15 is 0 Å². The highest BCUT2D eigenvalue weighted by Crippen LogP contribution is 2.21. The number of nitrogens with zero attached hydrogens (tertiary/aromatic N) is 3. The SMILES string of the molecule is CCCCN(C)C(=O)c1cc(Nc2ccccc2)nc(-c2ccccc2)n1. The highest BCUT2D eigenvalue weighted by molar-refractivity contribution is 5.93. The third-order valence-electron chi connectivity index (χ3n) is 4.22. The molecule has 0 radical (unpaired) electrons. The predicted molar refractivity (Wildman–Crippen MR) is 109 cm³/mol. The fourth-order valence-corrected chi connectivity index (χ4v) is 2.70. The molecule has 0 saturated heterocycles. The second-order valence-electron chi connectivity index (χ2n) is 6.40. The van der Waals surface area contributed by atoms with Gasteiger partial charge in [0.25, 0.3) is 5.91 Å². The van der Waals surface area contributed by atoms with Crippen molar-refractivity contribution in [3.05, 3.63) is 72.4 Å². The van der Waals surface area contributed by atoms with Crippen LogP contribution in [-0.4, -0.2) is 34.4 Å². The molecule has 27 heavy (non-hydrogen) atoms. The Morgan fingerprint density at radius 3 is 2.33 bits per heavy atom. The zero-order valence-electron chi connectivity index (χ0n) is 15.7. The number of para-hydroxylation sites is 1. The van der Waals surface area contributed by atoms with E-state index in [9.17, 15) is 4.79 Å². The van der Waals surface area contributed by atoms with Gasteiger partial charge in [-0.15, -0.1) is 0 Å². The van der Waals surface area contributed by atoms with Crippen LogP contribution in [0.3, 0.4) is 0 Å². The molecular formula is C22H24N4O. The Hall–Kier alpha value is -3.21. The first-order valence-corrected chi connectivity index (χ1v) is 9.19. The molecule has 0 aliphatic heterocycles. The molecule has 1 N–H and O–H groups in total. The second kappa shape index (κ2) is 8.94. The van der Waals surface area contributed by atoms with Gasteiger partial charge in [-0.25, -0.2) is 9.97 Å². The first kappa shape index (κ1) is 18.6. The number of anilines is 2. The van der Waals surface area contributed by atoms with Crippen LogP contribution in [0, 0.1) is 0 Å². The van der Waals surface area contributed by atoms with Crippen molar-refractivity contribution in [2.75, 3.05) is 18.9 Å². The van der Waals surface area contributed by atoms with Gasteiger partial charge in [0.05, 0.1) is 0 Å². The topological polar surface area (TPSA) is 58.1 Å². The summed E-state index contributed by atoms with van der Waals surface area (Å²) in [5, 5.41) is 3.27. The highest BCUT2D eigenvalue weighted by Gasteiger charge is 2.16. The van der Waals surface area contributed by atoms with Crippen LogP contribution in [0.5, 0.6) is 0 Å². The van der Waals surface area contributed by atoms with Crippen LogP contribution in [0.1, 0.15) is 30.3 Å². The Bertz CT molecular complexity index is 881. The minimum absolute atomic E-state index is 0.0980. The molecule has 3 rings (SSSR count). The summed E-state index contributed by atoms with van der Waals surface area (Å²) >= 11 is 0. The summed E-state index contributed by atoms with van der Waals surface area (Å²) in [4.78, 5) is 23.7. The number of carbonyl (C=O) groups excluding carboxylic acids is 1. The lowest BCUT2D eigenvalue weighted by Gasteiger charge is -2.17. The number of amides is 1. The average Bonchev–Trinajstić information content (AvgIpc) is 2.72. The lowest BCUT2D eigenvalue weighted by atomic mass is 10.2. The number of carbonyl (C=O) groups is 1. The number of rotatable bonds is 7. The van der Waals surface area contributed by atoms with Crippen molar-refractivity contribution in [1.82, 2.24) is 14.9 Å². The second-order valence-corrected chi connectivity index (χ2v) is 6.40. The molecule has 0 aliphatic rings.